The number of aromatic nitrogens is 1. The summed E-state index contributed by atoms with van der Waals surface area (Å²) in [7, 11) is 0. The van der Waals surface area contributed by atoms with Crippen molar-refractivity contribution in [3.8, 4) is 11.3 Å². The van der Waals surface area contributed by atoms with Crippen LogP contribution in [0.3, 0.4) is 0 Å². The minimum Gasteiger partial charge on any atom is -0.368 e. The van der Waals surface area contributed by atoms with Crippen molar-refractivity contribution in [2.24, 2.45) is 0 Å². The number of halogens is 1. The number of nitrogens with two attached hydrogens (primary N) is 1. The lowest BCUT2D eigenvalue weighted by atomic mass is 10.1. The molecule has 2 aromatic rings. The highest BCUT2D eigenvalue weighted by atomic mass is 35.5. The van der Waals surface area contributed by atoms with E-state index in [1.165, 1.54) is 12.8 Å². The van der Waals surface area contributed by atoms with Crippen molar-refractivity contribution in [1.29, 1.82) is 0 Å². The highest BCUT2D eigenvalue weighted by molar-refractivity contribution is 8.00. The maximum atomic E-state index is 6.25. The fourth-order valence-corrected chi connectivity index (χ4v) is 2.91. The van der Waals surface area contributed by atoms with Crippen LogP contribution in [0.5, 0.6) is 0 Å². The lowest BCUT2D eigenvalue weighted by Crippen LogP contribution is -1.82. The lowest BCUT2D eigenvalue weighted by Gasteiger charge is -2.04. The molecule has 0 radical (unpaired) electrons. The van der Waals surface area contributed by atoms with E-state index in [0.717, 1.165) is 20.7 Å². The van der Waals surface area contributed by atoms with Crippen LogP contribution in [-0.2, 0) is 0 Å². The van der Waals surface area contributed by atoms with Gasteiger partial charge < -0.3 is 10.3 Å². The first-order valence-electron chi connectivity index (χ1n) is 5.41. The molecule has 1 aliphatic carbocycles. The van der Waals surface area contributed by atoms with E-state index in [1.54, 1.807) is 6.07 Å². The molecular weight excluding hydrogens is 256 g/mol. The monoisotopic (exact) mass is 266 g/mol. The summed E-state index contributed by atoms with van der Waals surface area (Å²) in [5, 5.41) is 5.38. The molecule has 1 aliphatic rings. The summed E-state index contributed by atoms with van der Waals surface area (Å²) in [6, 6.07) is 7.63. The van der Waals surface area contributed by atoms with Crippen molar-refractivity contribution in [1.82, 2.24) is 5.16 Å². The molecule has 1 aromatic carbocycles. The number of nitrogens with zero attached hydrogens (tertiary/aromatic N) is 1. The molecule has 17 heavy (non-hydrogen) atoms. The number of benzene rings is 1. The Labute approximate surface area is 108 Å². The van der Waals surface area contributed by atoms with Crippen molar-refractivity contribution in [2.75, 3.05) is 5.73 Å². The summed E-state index contributed by atoms with van der Waals surface area (Å²) in [6.45, 7) is 0. The van der Waals surface area contributed by atoms with Crippen molar-refractivity contribution >= 4 is 29.2 Å². The van der Waals surface area contributed by atoms with Crippen molar-refractivity contribution in [3.05, 3.63) is 29.3 Å². The van der Waals surface area contributed by atoms with Gasteiger partial charge >= 0.3 is 0 Å². The number of hydrogen-bond acceptors (Lipinski definition) is 4. The van der Waals surface area contributed by atoms with E-state index >= 15 is 0 Å². The second-order valence-electron chi connectivity index (χ2n) is 4.08. The second kappa shape index (κ2) is 4.27. The number of anilines is 1. The van der Waals surface area contributed by atoms with E-state index < -0.39 is 0 Å². The summed E-state index contributed by atoms with van der Waals surface area (Å²) in [4.78, 5) is 1.13. The second-order valence-corrected chi connectivity index (χ2v) is 5.83. The van der Waals surface area contributed by atoms with Gasteiger partial charge in [-0.25, -0.2) is 0 Å². The zero-order chi connectivity index (χ0) is 11.8. The SMILES string of the molecule is Nc1cc(-c2ccc(SC3CC3)c(Cl)c2)no1. The first kappa shape index (κ1) is 11.0. The fourth-order valence-electron chi connectivity index (χ4n) is 1.55. The van der Waals surface area contributed by atoms with Gasteiger partial charge in [-0.1, -0.05) is 22.8 Å². The summed E-state index contributed by atoms with van der Waals surface area (Å²) in [6.07, 6.45) is 2.59. The van der Waals surface area contributed by atoms with Gasteiger partial charge in [-0.15, -0.1) is 11.8 Å². The predicted octanol–water partition coefficient (Wildman–Crippen LogP) is 3.83. The molecule has 3 rings (SSSR count). The molecule has 0 aliphatic heterocycles. The van der Waals surface area contributed by atoms with E-state index in [0.29, 0.717) is 11.6 Å². The number of hydrogen-bond donors (Lipinski definition) is 1. The zero-order valence-electron chi connectivity index (χ0n) is 9.02. The molecule has 1 fully saturated rings. The van der Waals surface area contributed by atoms with Crippen molar-refractivity contribution < 1.29 is 4.52 Å². The molecule has 0 bridgehead atoms. The third-order valence-corrected chi connectivity index (χ3v) is 4.41. The summed E-state index contributed by atoms with van der Waals surface area (Å²) >= 11 is 8.09. The molecule has 5 heteroatoms. The molecular formula is C12H11ClN2OS. The normalized spacial score (nSPS) is 15.1. The van der Waals surface area contributed by atoms with Gasteiger partial charge in [0.1, 0.15) is 5.69 Å². The van der Waals surface area contributed by atoms with Gasteiger partial charge in [0.2, 0.25) is 5.88 Å². The Morgan fingerprint density at radius 2 is 2.18 bits per heavy atom. The summed E-state index contributed by atoms with van der Waals surface area (Å²) < 4.78 is 4.84. The van der Waals surface area contributed by atoms with Crippen molar-refractivity contribution in [3.63, 3.8) is 0 Å². The molecule has 88 valence electrons. The molecule has 1 aromatic heterocycles. The minimum absolute atomic E-state index is 0.313. The van der Waals surface area contributed by atoms with E-state index in [2.05, 4.69) is 5.16 Å². The Balaban J connectivity index is 1.89. The van der Waals surface area contributed by atoms with Gasteiger partial charge in [0, 0.05) is 21.8 Å². The van der Waals surface area contributed by atoms with Gasteiger partial charge in [0.25, 0.3) is 0 Å². The molecule has 0 spiro atoms. The zero-order valence-corrected chi connectivity index (χ0v) is 10.6. The van der Waals surface area contributed by atoms with Crippen LogP contribution in [0.1, 0.15) is 12.8 Å². The Hall–Kier alpha value is -1.13. The topological polar surface area (TPSA) is 52.0 Å². The quantitative estimate of drug-likeness (QED) is 0.917. The average molecular weight is 267 g/mol. The van der Waals surface area contributed by atoms with Crippen LogP contribution in [0.2, 0.25) is 5.02 Å². The first-order valence-corrected chi connectivity index (χ1v) is 6.67. The highest BCUT2D eigenvalue weighted by Crippen LogP contribution is 2.42. The van der Waals surface area contributed by atoms with Crippen molar-refractivity contribution in [2.45, 2.75) is 23.0 Å². The number of thioether (sulfide) groups is 1. The van der Waals surface area contributed by atoms with Gasteiger partial charge in [-0.05, 0) is 25.0 Å². The van der Waals surface area contributed by atoms with Crippen LogP contribution < -0.4 is 5.73 Å². The third kappa shape index (κ3) is 2.42. The summed E-state index contributed by atoms with van der Waals surface area (Å²) in [5.41, 5.74) is 7.13. The van der Waals surface area contributed by atoms with Crippen LogP contribution in [0.4, 0.5) is 5.88 Å². The first-order chi connectivity index (χ1) is 8.22. The van der Waals surface area contributed by atoms with E-state index in [1.807, 2.05) is 30.0 Å². The maximum absolute atomic E-state index is 6.25. The van der Waals surface area contributed by atoms with Gasteiger partial charge in [0.05, 0.1) is 5.02 Å². The Morgan fingerprint density at radius 1 is 1.35 bits per heavy atom. The molecule has 0 amide bonds. The third-order valence-electron chi connectivity index (χ3n) is 2.57. The van der Waals surface area contributed by atoms with Gasteiger partial charge in [-0.3, -0.25) is 0 Å². The summed E-state index contributed by atoms with van der Waals surface area (Å²) in [5.74, 6) is 0.313. The molecule has 0 atom stereocenters. The molecule has 2 N–H and O–H groups in total. The molecule has 0 saturated heterocycles. The maximum Gasteiger partial charge on any atom is 0.222 e. The highest BCUT2D eigenvalue weighted by Gasteiger charge is 2.23. The van der Waals surface area contributed by atoms with Crippen LogP contribution >= 0.6 is 23.4 Å². The molecule has 1 saturated carbocycles. The Morgan fingerprint density at radius 3 is 2.76 bits per heavy atom. The standard InChI is InChI=1S/C12H11ClN2OS/c13-9-5-7(10-6-12(14)16-15-10)1-4-11(9)17-8-2-3-8/h1,4-6,8H,2-3,14H2. The predicted molar refractivity (Wildman–Crippen MR) is 70.2 cm³/mol. The average Bonchev–Trinajstić information content (AvgIpc) is 3.02. The van der Waals surface area contributed by atoms with Crippen LogP contribution in [0, 0.1) is 0 Å². The van der Waals surface area contributed by atoms with Gasteiger partial charge in [0.15, 0.2) is 0 Å². The van der Waals surface area contributed by atoms with E-state index in [4.69, 9.17) is 21.9 Å². The van der Waals surface area contributed by atoms with Crippen LogP contribution in [0.15, 0.2) is 33.7 Å². The molecule has 0 unspecified atom stereocenters. The molecule has 3 nitrogen and oxygen atoms in total. The van der Waals surface area contributed by atoms with E-state index in [-0.39, 0.29) is 0 Å². The Bertz CT molecular complexity index is 551. The lowest BCUT2D eigenvalue weighted by molar-refractivity contribution is 0.439. The van der Waals surface area contributed by atoms with Crippen LogP contribution in [-0.4, -0.2) is 10.4 Å². The minimum atomic E-state index is 0.313. The fraction of sp³-hybridized carbons (Fsp3) is 0.250. The number of rotatable bonds is 3. The van der Waals surface area contributed by atoms with E-state index in [9.17, 15) is 0 Å². The molecule has 1 heterocycles. The smallest absolute Gasteiger partial charge is 0.222 e. The largest absolute Gasteiger partial charge is 0.368 e. The Kier molecular flexibility index (Phi) is 2.76. The van der Waals surface area contributed by atoms with Crippen LogP contribution in [0.25, 0.3) is 11.3 Å². The number of nitrogen functional groups attached to an aromatic ring is 1. The van der Waals surface area contributed by atoms with Gasteiger partial charge in [-0.2, -0.15) is 0 Å².